The van der Waals surface area contributed by atoms with Crippen LogP contribution in [0.25, 0.3) is 0 Å². The molecule has 2 N–H and O–H groups in total. The zero-order valence-corrected chi connectivity index (χ0v) is 14.1. The molecule has 9 heteroatoms. The summed E-state index contributed by atoms with van der Waals surface area (Å²) in [7, 11) is 1.70. The molecule has 0 radical (unpaired) electrons. The quantitative estimate of drug-likeness (QED) is 0.880. The predicted molar refractivity (Wildman–Crippen MR) is 85.7 cm³/mol. The van der Waals surface area contributed by atoms with Crippen LogP contribution in [0.15, 0.2) is 6.07 Å². The Hall–Kier alpha value is -1.96. The monoisotopic (exact) mass is 357 g/mol. The van der Waals surface area contributed by atoms with E-state index in [0.717, 1.165) is 5.69 Å². The van der Waals surface area contributed by atoms with E-state index in [1.54, 1.807) is 20.0 Å². The van der Waals surface area contributed by atoms with Crippen molar-refractivity contribution in [3.63, 3.8) is 0 Å². The largest absolute Gasteiger partial charge is 0.304 e. The molecule has 2 aromatic heterocycles. The third-order valence-corrected chi connectivity index (χ3v) is 4.92. The molecule has 0 saturated heterocycles. The maximum Gasteiger partial charge on any atom is 0.278 e. The molecular formula is C15H18ClF2N5O. The van der Waals surface area contributed by atoms with Crippen molar-refractivity contribution >= 4 is 23.3 Å². The average molecular weight is 358 g/mol. The second-order valence-corrected chi connectivity index (χ2v) is 6.54. The SMILES string of the molecule is Cc1c(Cl)c(C(=O)Nc2cc(C3CCC(F)(F)CC3)[nH]n2)nn1C. The molecule has 2 aromatic rings. The Bertz CT molecular complexity index is 760. The van der Waals surface area contributed by atoms with Crippen LogP contribution in [0.3, 0.4) is 0 Å². The van der Waals surface area contributed by atoms with Gasteiger partial charge in [0.05, 0.1) is 10.7 Å². The van der Waals surface area contributed by atoms with E-state index in [4.69, 9.17) is 11.6 Å². The van der Waals surface area contributed by atoms with Crippen molar-refractivity contribution in [2.45, 2.75) is 44.4 Å². The van der Waals surface area contributed by atoms with Crippen LogP contribution < -0.4 is 5.32 Å². The van der Waals surface area contributed by atoms with Crippen molar-refractivity contribution in [1.29, 1.82) is 0 Å². The van der Waals surface area contributed by atoms with Crippen LogP contribution >= 0.6 is 11.6 Å². The average Bonchev–Trinajstić information content (AvgIpc) is 3.08. The highest BCUT2D eigenvalue weighted by atomic mass is 35.5. The van der Waals surface area contributed by atoms with Gasteiger partial charge in [-0.05, 0) is 19.8 Å². The third kappa shape index (κ3) is 3.28. The van der Waals surface area contributed by atoms with Gasteiger partial charge >= 0.3 is 0 Å². The molecule has 1 aliphatic carbocycles. The Kier molecular flexibility index (Phi) is 4.33. The van der Waals surface area contributed by atoms with Gasteiger partial charge in [0, 0.05) is 37.6 Å². The molecule has 0 aromatic carbocycles. The van der Waals surface area contributed by atoms with Crippen LogP contribution in [0.2, 0.25) is 5.02 Å². The second kappa shape index (κ2) is 6.16. The number of H-pyrrole nitrogens is 1. The first-order valence-corrected chi connectivity index (χ1v) is 8.08. The molecule has 2 heterocycles. The van der Waals surface area contributed by atoms with Gasteiger partial charge < -0.3 is 5.32 Å². The number of aromatic amines is 1. The highest BCUT2D eigenvalue weighted by Crippen LogP contribution is 2.40. The molecule has 6 nitrogen and oxygen atoms in total. The molecule has 0 bridgehead atoms. The van der Waals surface area contributed by atoms with E-state index in [2.05, 4.69) is 20.6 Å². The maximum absolute atomic E-state index is 13.2. The minimum atomic E-state index is -2.57. The standard InChI is InChI=1S/C15H18ClF2N5O/c1-8-12(16)13(22-23(8)2)14(24)19-11-7-10(20-21-11)9-3-5-15(17,18)6-4-9/h7,9H,3-6H2,1-2H3,(H2,19,20,21,24). The molecule has 0 atom stereocenters. The van der Waals surface area contributed by atoms with Crippen molar-refractivity contribution in [2.24, 2.45) is 7.05 Å². The Morgan fingerprint density at radius 2 is 2.12 bits per heavy atom. The first-order chi connectivity index (χ1) is 11.3. The third-order valence-electron chi connectivity index (χ3n) is 4.47. The molecule has 0 aliphatic heterocycles. The highest BCUT2D eigenvalue weighted by Gasteiger charge is 2.36. The van der Waals surface area contributed by atoms with Crippen molar-refractivity contribution in [3.8, 4) is 0 Å². The minimum Gasteiger partial charge on any atom is -0.304 e. The second-order valence-electron chi connectivity index (χ2n) is 6.16. The lowest BCUT2D eigenvalue weighted by molar-refractivity contribution is -0.0384. The number of anilines is 1. The number of nitrogens with one attached hydrogen (secondary N) is 2. The fourth-order valence-corrected chi connectivity index (χ4v) is 3.11. The zero-order valence-electron chi connectivity index (χ0n) is 13.4. The molecular weight excluding hydrogens is 340 g/mol. The summed E-state index contributed by atoms with van der Waals surface area (Å²) < 4.78 is 28.0. The number of amides is 1. The van der Waals surface area contributed by atoms with Gasteiger partial charge in [0.1, 0.15) is 0 Å². The summed E-state index contributed by atoms with van der Waals surface area (Å²) in [6.07, 6.45) is 0.546. The number of nitrogens with zero attached hydrogens (tertiary/aromatic N) is 3. The Balaban J connectivity index is 1.68. The van der Waals surface area contributed by atoms with Crippen molar-refractivity contribution < 1.29 is 13.6 Å². The summed E-state index contributed by atoms with van der Waals surface area (Å²) >= 11 is 6.09. The smallest absolute Gasteiger partial charge is 0.278 e. The first-order valence-electron chi connectivity index (χ1n) is 7.70. The van der Waals surface area contributed by atoms with Crippen molar-refractivity contribution in [2.75, 3.05) is 5.32 Å². The fraction of sp³-hybridized carbons (Fsp3) is 0.533. The summed E-state index contributed by atoms with van der Waals surface area (Å²) in [6.45, 7) is 1.76. The van der Waals surface area contributed by atoms with E-state index in [-0.39, 0.29) is 24.5 Å². The molecule has 1 fully saturated rings. The minimum absolute atomic E-state index is 0.00320. The molecule has 130 valence electrons. The summed E-state index contributed by atoms with van der Waals surface area (Å²) in [4.78, 5) is 12.2. The van der Waals surface area contributed by atoms with Crippen molar-refractivity contribution in [1.82, 2.24) is 20.0 Å². The van der Waals surface area contributed by atoms with E-state index < -0.39 is 11.8 Å². The van der Waals surface area contributed by atoms with Crippen molar-refractivity contribution in [3.05, 3.63) is 28.2 Å². The van der Waals surface area contributed by atoms with Crippen LogP contribution in [-0.4, -0.2) is 31.8 Å². The van der Waals surface area contributed by atoms with Gasteiger partial charge in [0.2, 0.25) is 5.92 Å². The van der Waals surface area contributed by atoms with E-state index in [0.29, 0.717) is 29.4 Å². The van der Waals surface area contributed by atoms with Gasteiger partial charge in [-0.3, -0.25) is 14.6 Å². The molecule has 1 amide bonds. The van der Waals surface area contributed by atoms with Gasteiger partial charge in [0.15, 0.2) is 11.5 Å². The van der Waals surface area contributed by atoms with E-state index >= 15 is 0 Å². The summed E-state index contributed by atoms with van der Waals surface area (Å²) in [5.74, 6) is -2.70. The van der Waals surface area contributed by atoms with Gasteiger partial charge in [-0.15, -0.1) is 0 Å². The van der Waals surface area contributed by atoms with Gasteiger partial charge in [-0.2, -0.15) is 10.2 Å². The van der Waals surface area contributed by atoms with Gasteiger partial charge in [-0.25, -0.2) is 8.78 Å². The number of hydrogen-bond donors (Lipinski definition) is 2. The first kappa shape index (κ1) is 16.9. The number of carbonyl (C=O) groups is 1. The van der Waals surface area contributed by atoms with Crippen LogP contribution in [0.5, 0.6) is 0 Å². The number of halogens is 3. The van der Waals surface area contributed by atoms with Crippen LogP contribution in [0.4, 0.5) is 14.6 Å². The zero-order chi connectivity index (χ0) is 17.5. The lowest BCUT2D eigenvalue weighted by atomic mass is 9.85. The molecule has 3 rings (SSSR count). The number of aryl methyl sites for hydroxylation is 1. The van der Waals surface area contributed by atoms with Gasteiger partial charge in [0.25, 0.3) is 5.91 Å². The predicted octanol–water partition coefficient (Wildman–Crippen LogP) is 3.65. The van der Waals surface area contributed by atoms with Crippen LogP contribution in [0.1, 0.15) is 53.5 Å². The Morgan fingerprint density at radius 1 is 1.46 bits per heavy atom. The summed E-state index contributed by atoms with van der Waals surface area (Å²) in [5.41, 5.74) is 1.57. The lowest BCUT2D eigenvalue weighted by Gasteiger charge is -2.27. The molecule has 0 unspecified atom stereocenters. The summed E-state index contributed by atoms with van der Waals surface area (Å²) in [5, 5.41) is 13.8. The molecule has 0 spiro atoms. The molecule has 24 heavy (non-hydrogen) atoms. The van der Waals surface area contributed by atoms with Crippen LogP contribution in [-0.2, 0) is 7.05 Å². The topological polar surface area (TPSA) is 75.6 Å². The van der Waals surface area contributed by atoms with E-state index in [9.17, 15) is 13.6 Å². The van der Waals surface area contributed by atoms with E-state index in [1.165, 1.54) is 4.68 Å². The van der Waals surface area contributed by atoms with Crippen LogP contribution in [0, 0.1) is 6.92 Å². The summed E-state index contributed by atoms with van der Waals surface area (Å²) in [6, 6.07) is 1.68. The number of rotatable bonds is 3. The number of hydrogen-bond acceptors (Lipinski definition) is 3. The maximum atomic E-state index is 13.2. The Morgan fingerprint density at radius 3 is 2.71 bits per heavy atom. The van der Waals surface area contributed by atoms with Gasteiger partial charge in [-0.1, -0.05) is 11.6 Å². The number of carbonyl (C=O) groups excluding carboxylic acids is 1. The van der Waals surface area contributed by atoms with E-state index in [1.807, 2.05) is 0 Å². The Labute approximate surface area is 142 Å². The number of alkyl halides is 2. The lowest BCUT2D eigenvalue weighted by Crippen LogP contribution is -2.23. The molecule has 1 aliphatic rings. The highest BCUT2D eigenvalue weighted by molar-refractivity contribution is 6.34. The molecule has 1 saturated carbocycles. The number of aromatic nitrogens is 4. The fourth-order valence-electron chi connectivity index (χ4n) is 2.86. The normalized spacial score (nSPS) is 17.9.